The first-order valence-electron chi connectivity index (χ1n) is 9.01. The first-order chi connectivity index (χ1) is 12.0. The van der Waals surface area contributed by atoms with Gasteiger partial charge >= 0.3 is 6.03 Å². The quantitative estimate of drug-likeness (QED) is 0.897. The highest BCUT2D eigenvalue weighted by Crippen LogP contribution is 2.28. The van der Waals surface area contributed by atoms with E-state index in [0.717, 1.165) is 37.4 Å². The van der Waals surface area contributed by atoms with Crippen molar-refractivity contribution in [2.75, 3.05) is 36.4 Å². The minimum atomic E-state index is -0.0117. The zero-order valence-electron chi connectivity index (χ0n) is 15.3. The summed E-state index contributed by atoms with van der Waals surface area (Å²) in [5.41, 5.74) is 4.68. The van der Waals surface area contributed by atoms with Crippen molar-refractivity contribution in [3.63, 3.8) is 0 Å². The van der Waals surface area contributed by atoms with Gasteiger partial charge in [-0.25, -0.2) is 4.79 Å². The van der Waals surface area contributed by atoms with E-state index in [1.165, 1.54) is 11.3 Å². The number of carbonyl (C=O) groups is 1. The van der Waals surface area contributed by atoms with Gasteiger partial charge in [-0.05, 0) is 42.2 Å². The van der Waals surface area contributed by atoms with E-state index >= 15 is 0 Å². The number of benzene rings is 2. The van der Waals surface area contributed by atoms with Crippen molar-refractivity contribution in [1.29, 1.82) is 0 Å². The number of para-hydroxylation sites is 1. The Hall–Kier alpha value is -2.49. The topological polar surface area (TPSA) is 35.6 Å². The second-order valence-corrected chi connectivity index (χ2v) is 6.99. The van der Waals surface area contributed by atoms with Crippen molar-refractivity contribution in [1.82, 2.24) is 4.90 Å². The van der Waals surface area contributed by atoms with Crippen molar-refractivity contribution >= 4 is 17.4 Å². The van der Waals surface area contributed by atoms with Gasteiger partial charge in [0.25, 0.3) is 0 Å². The van der Waals surface area contributed by atoms with Crippen LogP contribution in [0.25, 0.3) is 0 Å². The van der Waals surface area contributed by atoms with Crippen molar-refractivity contribution in [2.24, 2.45) is 0 Å². The maximum absolute atomic E-state index is 12.5. The molecule has 0 radical (unpaired) electrons. The number of anilines is 2. The average molecular weight is 337 g/mol. The van der Waals surface area contributed by atoms with Crippen LogP contribution in [-0.2, 0) is 0 Å². The first kappa shape index (κ1) is 17.3. The molecule has 25 heavy (non-hydrogen) atoms. The largest absolute Gasteiger partial charge is 0.368 e. The molecular formula is C21H27N3O. The fraction of sp³-hybridized carbons (Fsp3) is 0.381. The van der Waals surface area contributed by atoms with Crippen LogP contribution >= 0.6 is 0 Å². The van der Waals surface area contributed by atoms with Crippen LogP contribution in [0.15, 0.2) is 48.5 Å². The summed E-state index contributed by atoms with van der Waals surface area (Å²) in [6.07, 6.45) is 0. The lowest BCUT2D eigenvalue weighted by Crippen LogP contribution is -2.50. The Labute approximate surface area is 150 Å². The number of urea groups is 1. The normalized spacial score (nSPS) is 14.7. The van der Waals surface area contributed by atoms with Crippen molar-refractivity contribution in [2.45, 2.75) is 26.7 Å². The molecule has 4 nitrogen and oxygen atoms in total. The van der Waals surface area contributed by atoms with Crippen LogP contribution in [0.5, 0.6) is 0 Å². The van der Waals surface area contributed by atoms with E-state index in [-0.39, 0.29) is 6.03 Å². The molecule has 1 N–H and O–H groups in total. The van der Waals surface area contributed by atoms with E-state index < -0.39 is 0 Å². The number of nitrogens with zero attached hydrogens (tertiary/aromatic N) is 2. The number of hydrogen-bond donors (Lipinski definition) is 1. The molecule has 0 atom stereocenters. The second kappa shape index (κ2) is 7.60. The summed E-state index contributed by atoms with van der Waals surface area (Å²) in [6, 6.07) is 16.5. The van der Waals surface area contributed by atoms with E-state index in [2.05, 4.69) is 48.3 Å². The highest BCUT2D eigenvalue weighted by Gasteiger charge is 2.23. The summed E-state index contributed by atoms with van der Waals surface area (Å²) in [5.74, 6) is 0.499. The lowest BCUT2D eigenvalue weighted by Gasteiger charge is -2.37. The molecule has 2 aromatic carbocycles. The SMILES string of the molecule is Cc1cccc(NC(=O)N2CCN(c3ccccc3C(C)C)CC2)c1. The van der Waals surface area contributed by atoms with E-state index in [9.17, 15) is 4.79 Å². The Kier molecular flexibility index (Phi) is 5.27. The fourth-order valence-electron chi connectivity index (χ4n) is 3.34. The molecule has 0 aliphatic carbocycles. The number of carbonyl (C=O) groups excluding carboxylic acids is 1. The summed E-state index contributed by atoms with van der Waals surface area (Å²) in [7, 11) is 0. The van der Waals surface area contributed by atoms with E-state index in [1.54, 1.807) is 0 Å². The number of nitrogens with one attached hydrogen (secondary N) is 1. The van der Waals surface area contributed by atoms with Gasteiger partial charge in [-0.15, -0.1) is 0 Å². The Morgan fingerprint density at radius 1 is 1.00 bits per heavy atom. The third-order valence-corrected chi connectivity index (χ3v) is 4.74. The standard InChI is InChI=1S/C21H27N3O/c1-16(2)19-9-4-5-10-20(19)23-11-13-24(14-12-23)21(25)22-18-8-6-7-17(3)15-18/h4-10,15-16H,11-14H2,1-3H3,(H,22,25). The van der Waals surface area contributed by atoms with Crippen molar-refractivity contribution in [3.8, 4) is 0 Å². The zero-order chi connectivity index (χ0) is 17.8. The van der Waals surface area contributed by atoms with Crippen LogP contribution in [0.1, 0.15) is 30.9 Å². The van der Waals surface area contributed by atoms with Gasteiger partial charge in [-0.3, -0.25) is 0 Å². The predicted molar refractivity (Wildman–Crippen MR) is 105 cm³/mol. The summed E-state index contributed by atoms with van der Waals surface area (Å²) in [4.78, 5) is 16.8. The number of aryl methyl sites for hydroxylation is 1. The molecule has 0 saturated carbocycles. The lowest BCUT2D eigenvalue weighted by molar-refractivity contribution is 0.208. The van der Waals surface area contributed by atoms with Crippen LogP contribution in [0, 0.1) is 6.92 Å². The predicted octanol–water partition coefficient (Wildman–Crippen LogP) is 4.47. The van der Waals surface area contributed by atoms with Gasteiger partial charge in [0, 0.05) is 37.6 Å². The molecule has 3 rings (SSSR count). The summed E-state index contributed by atoms with van der Waals surface area (Å²) < 4.78 is 0. The zero-order valence-corrected chi connectivity index (χ0v) is 15.3. The molecule has 132 valence electrons. The Morgan fingerprint density at radius 3 is 2.40 bits per heavy atom. The van der Waals surface area contributed by atoms with E-state index in [0.29, 0.717) is 5.92 Å². The van der Waals surface area contributed by atoms with Gasteiger partial charge in [0.15, 0.2) is 0 Å². The molecule has 1 saturated heterocycles. The molecule has 1 aliphatic rings. The van der Waals surface area contributed by atoms with Crippen LogP contribution in [0.4, 0.5) is 16.2 Å². The lowest BCUT2D eigenvalue weighted by atomic mass is 10.00. The van der Waals surface area contributed by atoms with E-state index in [4.69, 9.17) is 0 Å². The first-order valence-corrected chi connectivity index (χ1v) is 9.01. The second-order valence-electron chi connectivity index (χ2n) is 6.99. The number of amides is 2. The fourth-order valence-corrected chi connectivity index (χ4v) is 3.34. The molecule has 2 aromatic rings. The third-order valence-electron chi connectivity index (χ3n) is 4.74. The molecule has 0 aromatic heterocycles. The van der Waals surface area contributed by atoms with Crippen molar-refractivity contribution in [3.05, 3.63) is 59.7 Å². The van der Waals surface area contributed by atoms with Gasteiger partial charge < -0.3 is 15.1 Å². The van der Waals surface area contributed by atoms with Crippen LogP contribution < -0.4 is 10.2 Å². The maximum Gasteiger partial charge on any atom is 0.321 e. The molecule has 0 spiro atoms. The van der Waals surface area contributed by atoms with Crippen LogP contribution in [-0.4, -0.2) is 37.1 Å². The minimum absolute atomic E-state index is 0.0117. The van der Waals surface area contributed by atoms with Gasteiger partial charge in [-0.1, -0.05) is 44.2 Å². The summed E-state index contributed by atoms with van der Waals surface area (Å²) >= 11 is 0. The molecular weight excluding hydrogens is 310 g/mol. The molecule has 1 fully saturated rings. The summed E-state index contributed by atoms with van der Waals surface area (Å²) in [5, 5.41) is 3.01. The number of piperazine rings is 1. The van der Waals surface area contributed by atoms with E-state index in [1.807, 2.05) is 36.1 Å². The molecule has 1 aliphatic heterocycles. The Bertz CT molecular complexity index is 733. The Morgan fingerprint density at radius 2 is 1.72 bits per heavy atom. The average Bonchev–Trinajstić information content (AvgIpc) is 2.62. The number of rotatable bonds is 3. The third kappa shape index (κ3) is 4.13. The Balaban J connectivity index is 1.61. The van der Waals surface area contributed by atoms with Gasteiger partial charge in [0.05, 0.1) is 0 Å². The highest BCUT2D eigenvalue weighted by atomic mass is 16.2. The van der Waals surface area contributed by atoms with Gasteiger partial charge in [0.2, 0.25) is 0 Å². The monoisotopic (exact) mass is 337 g/mol. The highest BCUT2D eigenvalue weighted by molar-refractivity contribution is 5.89. The van der Waals surface area contributed by atoms with Crippen LogP contribution in [0.3, 0.4) is 0 Å². The maximum atomic E-state index is 12.5. The molecule has 0 bridgehead atoms. The molecule has 2 amide bonds. The summed E-state index contributed by atoms with van der Waals surface area (Å²) in [6.45, 7) is 9.69. The molecule has 1 heterocycles. The minimum Gasteiger partial charge on any atom is -0.368 e. The van der Waals surface area contributed by atoms with Gasteiger partial charge in [-0.2, -0.15) is 0 Å². The van der Waals surface area contributed by atoms with Crippen LogP contribution in [0.2, 0.25) is 0 Å². The smallest absolute Gasteiger partial charge is 0.321 e. The van der Waals surface area contributed by atoms with Crippen molar-refractivity contribution < 1.29 is 4.79 Å². The molecule has 0 unspecified atom stereocenters. The molecule has 4 heteroatoms. The number of hydrogen-bond acceptors (Lipinski definition) is 2. The van der Waals surface area contributed by atoms with Gasteiger partial charge in [0.1, 0.15) is 0 Å².